The van der Waals surface area contributed by atoms with Crippen molar-refractivity contribution in [3.8, 4) is 0 Å². The van der Waals surface area contributed by atoms with E-state index in [0.717, 1.165) is 24.9 Å². The van der Waals surface area contributed by atoms with Crippen LogP contribution in [0, 0.1) is 0 Å². The molecule has 0 aliphatic heterocycles. The van der Waals surface area contributed by atoms with E-state index in [4.69, 9.17) is 0 Å². The number of amides is 2. The molecule has 0 spiro atoms. The van der Waals surface area contributed by atoms with E-state index in [1.807, 2.05) is 18.2 Å². The van der Waals surface area contributed by atoms with Gasteiger partial charge in [0, 0.05) is 11.7 Å². The second-order valence-electron chi connectivity index (χ2n) is 5.53. The molecule has 0 saturated heterocycles. The van der Waals surface area contributed by atoms with Gasteiger partial charge in [0.1, 0.15) is 0 Å². The monoisotopic (exact) mass is 280 g/mol. The summed E-state index contributed by atoms with van der Waals surface area (Å²) < 4.78 is 0. The van der Waals surface area contributed by atoms with E-state index < -0.39 is 0 Å². The second kappa shape index (κ2) is 6.00. The molecule has 3 heteroatoms. The van der Waals surface area contributed by atoms with Crippen molar-refractivity contribution in [1.29, 1.82) is 0 Å². The van der Waals surface area contributed by atoms with Crippen molar-refractivity contribution in [2.45, 2.75) is 32.2 Å². The molecule has 2 amide bonds. The summed E-state index contributed by atoms with van der Waals surface area (Å²) in [7, 11) is 0. The van der Waals surface area contributed by atoms with Crippen LogP contribution in [0.4, 0.5) is 10.5 Å². The largest absolute Gasteiger partial charge is 0.334 e. The molecule has 108 valence electrons. The first-order valence-electron chi connectivity index (χ1n) is 7.48. The quantitative estimate of drug-likeness (QED) is 0.887. The van der Waals surface area contributed by atoms with Crippen molar-refractivity contribution < 1.29 is 4.79 Å². The van der Waals surface area contributed by atoms with Crippen LogP contribution in [0.1, 0.15) is 23.6 Å². The first-order chi connectivity index (χ1) is 10.2. The van der Waals surface area contributed by atoms with E-state index in [-0.39, 0.29) is 12.1 Å². The van der Waals surface area contributed by atoms with Gasteiger partial charge in [-0.25, -0.2) is 4.79 Å². The Bertz CT molecular complexity index is 626. The molecule has 0 unspecified atom stereocenters. The highest BCUT2D eigenvalue weighted by Gasteiger charge is 2.22. The van der Waals surface area contributed by atoms with Gasteiger partial charge in [0.15, 0.2) is 0 Å². The van der Waals surface area contributed by atoms with Crippen molar-refractivity contribution in [1.82, 2.24) is 5.32 Å². The normalized spacial score (nSPS) is 13.8. The zero-order valence-electron chi connectivity index (χ0n) is 12.2. The highest BCUT2D eigenvalue weighted by atomic mass is 16.2. The van der Waals surface area contributed by atoms with E-state index in [1.54, 1.807) is 0 Å². The fourth-order valence-corrected chi connectivity index (χ4v) is 2.88. The molecule has 2 aromatic rings. The summed E-state index contributed by atoms with van der Waals surface area (Å²) in [5, 5.41) is 5.98. The lowest BCUT2D eigenvalue weighted by Gasteiger charge is -2.13. The maximum atomic E-state index is 12.1. The molecule has 1 aliphatic rings. The fourth-order valence-electron chi connectivity index (χ4n) is 2.88. The van der Waals surface area contributed by atoms with Gasteiger partial charge < -0.3 is 10.6 Å². The Kier molecular flexibility index (Phi) is 3.91. The van der Waals surface area contributed by atoms with Crippen LogP contribution in [0.2, 0.25) is 0 Å². The third kappa shape index (κ3) is 3.24. The number of hydrogen-bond acceptors (Lipinski definition) is 1. The molecule has 0 saturated carbocycles. The molecular formula is C18H20N2O. The van der Waals surface area contributed by atoms with E-state index in [9.17, 15) is 4.79 Å². The van der Waals surface area contributed by atoms with Crippen molar-refractivity contribution in [3.05, 3.63) is 65.2 Å². The number of benzene rings is 2. The van der Waals surface area contributed by atoms with Crippen molar-refractivity contribution in [2.24, 2.45) is 0 Å². The van der Waals surface area contributed by atoms with Gasteiger partial charge >= 0.3 is 6.03 Å². The van der Waals surface area contributed by atoms with Gasteiger partial charge in [0.25, 0.3) is 0 Å². The van der Waals surface area contributed by atoms with Crippen LogP contribution < -0.4 is 10.6 Å². The number of anilines is 1. The Morgan fingerprint density at radius 3 is 2.48 bits per heavy atom. The van der Waals surface area contributed by atoms with E-state index in [0.29, 0.717) is 0 Å². The molecule has 3 nitrogen and oxygen atoms in total. The Morgan fingerprint density at radius 2 is 1.81 bits per heavy atom. The molecule has 0 fully saturated rings. The molecule has 2 aromatic carbocycles. The lowest BCUT2D eigenvalue weighted by atomic mass is 10.1. The van der Waals surface area contributed by atoms with Gasteiger partial charge in [-0.2, -0.15) is 0 Å². The number of carbonyl (C=O) groups is 1. The number of fused-ring (bicyclic) bond motifs is 1. The fraction of sp³-hybridized carbons (Fsp3) is 0.278. The maximum Gasteiger partial charge on any atom is 0.319 e. The topological polar surface area (TPSA) is 41.1 Å². The minimum absolute atomic E-state index is 0.124. The number of rotatable bonds is 3. The predicted octanol–water partition coefficient (Wildman–Crippen LogP) is 3.54. The summed E-state index contributed by atoms with van der Waals surface area (Å²) in [6.07, 6.45) is 2.80. The lowest BCUT2D eigenvalue weighted by molar-refractivity contribution is 0.249. The molecule has 0 radical (unpaired) electrons. The van der Waals surface area contributed by atoms with Crippen LogP contribution in [-0.4, -0.2) is 12.1 Å². The zero-order valence-corrected chi connectivity index (χ0v) is 12.2. The maximum absolute atomic E-state index is 12.1. The number of hydrogen-bond donors (Lipinski definition) is 2. The van der Waals surface area contributed by atoms with Crippen molar-refractivity contribution >= 4 is 11.7 Å². The zero-order chi connectivity index (χ0) is 14.7. The van der Waals surface area contributed by atoms with Crippen LogP contribution >= 0.6 is 0 Å². The van der Waals surface area contributed by atoms with Crippen LogP contribution in [0.5, 0.6) is 0 Å². The second-order valence-corrected chi connectivity index (χ2v) is 5.53. The van der Waals surface area contributed by atoms with E-state index in [1.165, 1.54) is 16.7 Å². The van der Waals surface area contributed by atoms with Gasteiger partial charge in [0.05, 0.1) is 0 Å². The highest BCUT2D eigenvalue weighted by molar-refractivity contribution is 5.89. The summed E-state index contributed by atoms with van der Waals surface area (Å²) in [4.78, 5) is 12.1. The summed E-state index contributed by atoms with van der Waals surface area (Å²) in [6, 6.07) is 16.4. The first-order valence-corrected chi connectivity index (χ1v) is 7.48. The number of urea groups is 1. The van der Waals surface area contributed by atoms with Crippen LogP contribution in [0.3, 0.4) is 0 Å². The molecule has 21 heavy (non-hydrogen) atoms. The molecule has 0 aromatic heterocycles. The average Bonchev–Trinajstić information content (AvgIpc) is 2.89. The molecular weight excluding hydrogens is 260 g/mol. The lowest BCUT2D eigenvalue weighted by Crippen LogP contribution is -2.38. The third-order valence-corrected chi connectivity index (χ3v) is 3.98. The molecule has 2 N–H and O–H groups in total. The van der Waals surface area contributed by atoms with Gasteiger partial charge in [-0.05, 0) is 48.1 Å². The Morgan fingerprint density at radius 1 is 1.10 bits per heavy atom. The van der Waals surface area contributed by atoms with Crippen molar-refractivity contribution in [2.75, 3.05) is 5.32 Å². The van der Waals surface area contributed by atoms with E-state index >= 15 is 0 Å². The predicted molar refractivity (Wildman–Crippen MR) is 85.6 cm³/mol. The Balaban J connectivity index is 1.58. The van der Waals surface area contributed by atoms with Gasteiger partial charge in [0.2, 0.25) is 0 Å². The number of carbonyl (C=O) groups excluding carboxylic acids is 1. The van der Waals surface area contributed by atoms with Gasteiger partial charge in [-0.15, -0.1) is 0 Å². The molecule has 0 bridgehead atoms. The summed E-state index contributed by atoms with van der Waals surface area (Å²) in [5.41, 5.74) is 4.76. The first kappa shape index (κ1) is 13.7. The Hall–Kier alpha value is -2.29. The minimum Gasteiger partial charge on any atom is -0.334 e. The minimum atomic E-state index is -0.124. The summed E-state index contributed by atoms with van der Waals surface area (Å²) >= 11 is 0. The van der Waals surface area contributed by atoms with Crippen molar-refractivity contribution in [3.63, 3.8) is 0 Å². The molecule has 3 rings (SSSR count). The standard InChI is InChI=1S/C18H20N2O/c1-2-13-6-5-9-16(10-13)19-18(21)20-17-11-14-7-3-4-8-15(14)12-17/h3-10,17H,2,11-12H2,1H3,(H2,19,20,21). The van der Waals surface area contributed by atoms with Crippen LogP contribution in [0.25, 0.3) is 0 Å². The SMILES string of the molecule is CCc1cccc(NC(=O)NC2Cc3ccccc3C2)c1. The van der Waals surface area contributed by atoms with E-state index in [2.05, 4.69) is 47.9 Å². The van der Waals surface area contributed by atoms with Crippen LogP contribution in [-0.2, 0) is 19.3 Å². The smallest absolute Gasteiger partial charge is 0.319 e. The summed E-state index contributed by atoms with van der Waals surface area (Å²) in [6.45, 7) is 2.11. The Labute approximate surface area is 125 Å². The molecule has 1 aliphatic carbocycles. The summed E-state index contributed by atoms with van der Waals surface area (Å²) in [5.74, 6) is 0. The number of nitrogens with one attached hydrogen (secondary N) is 2. The molecule has 0 heterocycles. The van der Waals surface area contributed by atoms with Crippen LogP contribution in [0.15, 0.2) is 48.5 Å². The highest BCUT2D eigenvalue weighted by Crippen LogP contribution is 2.21. The molecule has 0 atom stereocenters. The third-order valence-electron chi connectivity index (χ3n) is 3.98. The number of aryl methyl sites for hydroxylation is 1. The van der Waals surface area contributed by atoms with Gasteiger partial charge in [-0.3, -0.25) is 0 Å². The average molecular weight is 280 g/mol. The van der Waals surface area contributed by atoms with Gasteiger partial charge in [-0.1, -0.05) is 43.3 Å².